The van der Waals surface area contributed by atoms with Crippen LogP contribution in [0.25, 0.3) is 88.3 Å². The second kappa shape index (κ2) is 14.7. The average Bonchev–Trinajstić information content (AvgIpc) is 4.03. The Morgan fingerprint density at radius 1 is 0.284 bits per heavy atom. The number of benzene rings is 11. The van der Waals surface area contributed by atoms with Gasteiger partial charge in [-0.3, -0.25) is 0 Å². The lowest BCUT2D eigenvalue weighted by Gasteiger charge is -2.32. The maximum absolute atomic E-state index is 6.20. The van der Waals surface area contributed by atoms with Crippen LogP contribution in [0.5, 0.6) is 0 Å². The fourth-order valence-corrected chi connectivity index (χ4v) is 11.6. The minimum absolute atomic E-state index is 0.450. The predicted molar refractivity (Wildman–Crippen MR) is 279 cm³/mol. The minimum atomic E-state index is -0.450. The topological polar surface area (TPSA) is 16.4 Å². The normalized spacial score (nSPS) is 12.9. The van der Waals surface area contributed by atoms with E-state index in [0.29, 0.717) is 0 Å². The van der Waals surface area contributed by atoms with Crippen molar-refractivity contribution in [2.45, 2.75) is 5.41 Å². The average molecular weight is 852 g/mol. The van der Waals surface area contributed by atoms with Crippen molar-refractivity contribution in [2.24, 2.45) is 0 Å². The number of fused-ring (bicyclic) bond motifs is 14. The molecule has 0 radical (unpaired) electrons. The van der Waals surface area contributed by atoms with Gasteiger partial charge in [0.2, 0.25) is 0 Å². The van der Waals surface area contributed by atoms with Gasteiger partial charge in [0.05, 0.1) is 5.41 Å². The van der Waals surface area contributed by atoms with Crippen molar-refractivity contribution in [3.05, 3.63) is 271 Å². The Morgan fingerprint density at radius 2 is 0.791 bits per heavy atom. The predicted octanol–water partition coefficient (Wildman–Crippen LogP) is 17.6. The summed E-state index contributed by atoms with van der Waals surface area (Å²) < 4.78 is 6.20. The lowest BCUT2D eigenvalue weighted by molar-refractivity contribution is 0.669. The number of hydrogen-bond donors (Lipinski definition) is 0. The van der Waals surface area contributed by atoms with Gasteiger partial charge in [0, 0.05) is 27.8 Å². The van der Waals surface area contributed by atoms with Gasteiger partial charge in [0.15, 0.2) is 0 Å². The standard InChI is InChI=1S/C65H41NO/c1-2-15-45(16-3-1)64-50-17-5-4-14-43(50)30-37-51(64)44-28-34-48(35-29-44)66(47-32-26-42(27-33-47)46-31-39-63-57(40-46)56-21-9-13-25-62(56)67-63)49-36-38-55-54-20-8-12-24-60(54)65(61(55)41-49)58-22-10-6-18-52(58)53-19-7-11-23-59(53)65/h1-41H. The minimum Gasteiger partial charge on any atom is -0.456 e. The first-order valence-electron chi connectivity index (χ1n) is 23.2. The summed E-state index contributed by atoms with van der Waals surface area (Å²) in [5.41, 5.74) is 22.3. The molecule has 0 saturated carbocycles. The van der Waals surface area contributed by atoms with E-state index >= 15 is 0 Å². The third-order valence-corrected chi connectivity index (χ3v) is 14.5. The van der Waals surface area contributed by atoms with Crippen molar-refractivity contribution < 1.29 is 4.42 Å². The van der Waals surface area contributed by atoms with Crippen molar-refractivity contribution in [1.29, 1.82) is 0 Å². The number of rotatable bonds is 6. The fraction of sp³-hybridized carbons (Fsp3) is 0.0154. The van der Waals surface area contributed by atoms with E-state index in [1.165, 1.54) is 77.5 Å². The third-order valence-electron chi connectivity index (χ3n) is 14.5. The van der Waals surface area contributed by atoms with Gasteiger partial charge in [-0.25, -0.2) is 0 Å². The van der Waals surface area contributed by atoms with Crippen LogP contribution in [0.2, 0.25) is 0 Å². The van der Waals surface area contributed by atoms with Crippen LogP contribution in [0.4, 0.5) is 17.1 Å². The van der Waals surface area contributed by atoms with E-state index in [9.17, 15) is 0 Å². The second-order valence-electron chi connectivity index (χ2n) is 17.9. The number of nitrogens with zero attached hydrogens (tertiary/aromatic N) is 1. The van der Waals surface area contributed by atoms with E-state index in [1.54, 1.807) is 0 Å². The molecule has 11 aromatic carbocycles. The number of furan rings is 1. The Bertz CT molecular complexity index is 3850. The molecule has 0 fully saturated rings. The highest BCUT2D eigenvalue weighted by atomic mass is 16.3. The van der Waals surface area contributed by atoms with Crippen molar-refractivity contribution in [2.75, 3.05) is 4.90 Å². The number of hydrogen-bond acceptors (Lipinski definition) is 2. The summed E-state index contributed by atoms with van der Waals surface area (Å²) in [5.74, 6) is 0. The zero-order valence-electron chi connectivity index (χ0n) is 36.5. The highest BCUT2D eigenvalue weighted by Gasteiger charge is 2.51. The molecule has 0 aliphatic heterocycles. The van der Waals surface area contributed by atoms with E-state index in [1.807, 2.05) is 12.1 Å². The molecule has 0 atom stereocenters. The third kappa shape index (κ3) is 5.57. The van der Waals surface area contributed by atoms with Gasteiger partial charge in [0.25, 0.3) is 0 Å². The molecule has 12 aromatic rings. The molecule has 1 spiro atoms. The molecule has 1 heterocycles. The summed E-state index contributed by atoms with van der Waals surface area (Å²) in [7, 11) is 0. The molecule has 0 bridgehead atoms. The SMILES string of the molecule is c1ccc(-c2c(-c3ccc(N(c4ccc(-c5ccc6oc7ccccc7c6c5)cc4)c4ccc5c(c4)C4(c6ccccc6-c6ccccc64)c4ccccc4-5)cc3)ccc3ccccc23)cc1. The van der Waals surface area contributed by atoms with E-state index in [4.69, 9.17) is 4.42 Å². The van der Waals surface area contributed by atoms with Gasteiger partial charge in [-0.1, -0.05) is 194 Å². The van der Waals surface area contributed by atoms with E-state index in [2.05, 4.69) is 241 Å². The largest absolute Gasteiger partial charge is 0.456 e. The molecule has 2 heteroatoms. The van der Waals surface area contributed by atoms with Crippen LogP contribution in [0.15, 0.2) is 253 Å². The smallest absolute Gasteiger partial charge is 0.135 e. The van der Waals surface area contributed by atoms with Gasteiger partial charge in [-0.2, -0.15) is 0 Å². The van der Waals surface area contributed by atoms with Crippen molar-refractivity contribution in [1.82, 2.24) is 0 Å². The van der Waals surface area contributed by atoms with Crippen molar-refractivity contribution >= 4 is 49.8 Å². The fourth-order valence-electron chi connectivity index (χ4n) is 11.6. The Kier molecular flexibility index (Phi) is 8.23. The van der Waals surface area contributed by atoms with Gasteiger partial charge < -0.3 is 9.32 Å². The van der Waals surface area contributed by atoms with Crippen molar-refractivity contribution in [3.63, 3.8) is 0 Å². The summed E-state index contributed by atoms with van der Waals surface area (Å²) in [6.45, 7) is 0. The molecule has 0 N–H and O–H groups in total. The summed E-state index contributed by atoms with van der Waals surface area (Å²) in [6, 6.07) is 91.4. The summed E-state index contributed by atoms with van der Waals surface area (Å²) in [4.78, 5) is 2.43. The van der Waals surface area contributed by atoms with Crippen LogP contribution in [-0.2, 0) is 5.41 Å². The molecule has 2 aliphatic rings. The first-order valence-corrected chi connectivity index (χ1v) is 23.2. The van der Waals surface area contributed by atoms with E-state index in [0.717, 1.165) is 50.1 Å². The monoisotopic (exact) mass is 851 g/mol. The molecule has 0 unspecified atom stereocenters. The zero-order chi connectivity index (χ0) is 44.1. The quantitative estimate of drug-likeness (QED) is 0.166. The molecule has 67 heavy (non-hydrogen) atoms. The van der Waals surface area contributed by atoms with Crippen LogP contribution < -0.4 is 4.90 Å². The maximum Gasteiger partial charge on any atom is 0.135 e. The Labute approximate surface area is 389 Å². The molecular formula is C65H41NO. The highest BCUT2D eigenvalue weighted by Crippen LogP contribution is 2.63. The lowest BCUT2D eigenvalue weighted by Crippen LogP contribution is -2.26. The summed E-state index contributed by atoms with van der Waals surface area (Å²) in [6.07, 6.45) is 0. The summed E-state index contributed by atoms with van der Waals surface area (Å²) in [5, 5.41) is 4.75. The van der Waals surface area contributed by atoms with E-state index < -0.39 is 5.41 Å². The maximum atomic E-state index is 6.20. The Balaban J connectivity index is 0.946. The Hall–Kier alpha value is -8.72. The van der Waals surface area contributed by atoms with Crippen LogP contribution in [-0.4, -0.2) is 0 Å². The molecule has 14 rings (SSSR count). The summed E-state index contributed by atoms with van der Waals surface area (Å²) >= 11 is 0. The van der Waals surface area contributed by atoms with Gasteiger partial charge >= 0.3 is 0 Å². The zero-order valence-corrected chi connectivity index (χ0v) is 36.5. The Morgan fingerprint density at radius 3 is 1.48 bits per heavy atom. The van der Waals surface area contributed by atoms with Crippen LogP contribution in [0, 0.1) is 0 Å². The number of anilines is 3. The van der Waals surface area contributed by atoms with E-state index in [-0.39, 0.29) is 0 Å². The van der Waals surface area contributed by atoms with Gasteiger partial charge in [0.1, 0.15) is 11.2 Å². The molecule has 312 valence electrons. The molecular weight excluding hydrogens is 811 g/mol. The molecule has 2 aliphatic carbocycles. The number of para-hydroxylation sites is 1. The van der Waals surface area contributed by atoms with Crippen LogP contribution in [0.3, 0.4) is 0 Å². The molecule has 0 saturated heterocycles. The van der Waals surface area contributed by atoms with Crippen LogP contribution >= 0.6 is 0 Å². The molecule has 1 aromatic heterocycles. The lowest BCUT2D eigenvalue weighted by atomic mass is 9.70. The van der Waals surface area contributed by atoms with Crippen molar-refractivity contribution in [3.8, 4) is 55.6 Å². The highest BCUT2D eigenvalue weighted by molar-refractivity contribution is 6.07. The molecule has 2 nitrogen and oxygen atoms in total. The van der Waals surface area contributed by atoms with Gasteiger partial charge in [-0.05, 0) is 143 Å². The first kappa shape index (κ1) is 37.6. The molecule has 0 amide bonds. The van der Waals surface area contributed by atoms with Crippen LogP contribution in [0.1, 0.15) is 22.3 Å². The van der Waals surface area contributed by atoms with Gasteiger partial charge in [-0.15, -0.1) is 0 Å². The second-order valence-corrected chi connectivity index (χ2v) is 17.9. The first-order chi connectivity index (χ1) is 33.2.